The molecule has 1 N–H and O–H groups in total. The number of hydrogen-bond donors (Lipinski definition) is 1. The van der Waals surface area contributed by atoms with E-state index in [2.05, 4.69) is 79.6 Å². The van der Waals surface area contributed by atoms with E-state index in [-0.39, 0.29) is 11.9 Å². The zero-order chi connectivity index (χ0) is 22.5. The van der Waals surface area contributed by atoms with Crippen LogP contribution in [0.25, 0.3) is 0 Å². The van der Waals surface area contributed by atoms with E-state index in [1.807, 2.05) is 6.07 Å². The van der Waals surface area contributed by atoms with Crippen molar-refractivity contribution in [2.75, 3.05) is 18.8 Å². The number of carbonyl (C=O) groups is 1. The Kier molecular flexibility index (Phi) is 7.07. The number of likely N-dealkylation sites (tertiary alicyclic amines) is 1. The fraction of sp³-hybridized carbons (Fsp3) is 0.423. The first kappa shape index (κ1) is 22.2. The van der Waals surface area contributed by atoms with Crippen LogP contribution in [0.3, 0.4) is 0 Å². The summed E-state index contributed by atoms with van der Waals surface area (Å²) in [4.78, 5) is 15.1. The fourth-order valence-corrected chi connectivity index (χ4v) is 5.20. The Bertz CT molecular complexity index is 1040. The Hall–Kier alpha value is -2.64. The van der Waals surface area contributed by atoms with Crippen LogP contribution in [0, 0.1) is 0 Å². The van der Waals surface area contributed by atoms with Crippen molar-refractivity contribution in [2.24, 2.45) is 0 Å². The molecule has 0 atom stereocenters. The van der Waals surface area contributed by atoms with Gasteiger partial charge in [0.1, 0.15) is 5.82 Å². The molecule has 5 rings (SSSR count). The van der Waals surface area contributed by atoms with Gasteiger partial charge in [0.15, 0.2) is 5.16 Å². The van der Waals surface area contributed by atoms with Gasteiger partial charge in [0.2, 0.25) is 5.91 Å². The van der Waals surface area contributed by atoms with Crippen molar-refractivity contribution in [3.63, 3.8) is 0 Å². The number of hydrogen-bond acceptors (Lipinski definition) is 5. The van der Waals surface area contributed by atoms with Crippen LogP contribution in [0.2, 0.25) is 0 Å². The van der Waals surface area contributed by atoms with Crippen LogP contribution in [-0.2, 0) is 17.9 Å². The summed E-state index contributed by atoms with van der Waals surface area (Å²) in [6.07, 6.45) is 4.36. The number of aromatic nitrogens is 3. The van der Waals surface area contributed by atoms with Gasteiger partial charge < -0.3 is 9.88 Å². The van der Waals surface area contributed by atoms with Crippen LogP contribution in [0.4, 0.5) is 0 Å². The van der Waals surface area contributed by atoms with Crippen LogP contribution in [0.15, 0.2) is 65.8 Å². The quantitative estimate of drug-likeness (QED) is 0.487. The maximum absolute atomic E-state index is 12.7. The van der Waals surface area contributed by atoms with E-state index in [1.165, 1.54) is 35.7 Å². The van der Waals surface area contributed by atoms with Crippen molar-refractivity contribution in [3.8, 4) is 0 Å². The van der Waals surface area contributed by atoms with Gasteiger partial charge in [0, 0.05) is 31.6 Å². The number of rotatable bonds is 9. The molecule has 1 aromatic heterocycles. The summed E-state index contributed by atoms with van der Waals surface area (Å²) < 4.78 is 2.20. The van der Waals surface area contributed by atoms with Gasteiger partial charge >= 0.3 is 0 Å². The molecule has 0 radical (unpaired) electrons. The van der Waals surface area contributed by atoms with Crippen LogP contribution >= 0.6 is 11.8 Å². The molecule has 1 amide bonds. The van der Waals surface area contributed by atoms with Gasteiger partial charge in [-0.2, -0.15) is 0 Å². The number of benzene rings is 2. The standard InChI is InChI=1S/C26H31N5OS/c32-24(27-23-13-15-30(16-14-23)17-20-7-3-1-4-8-20)19-33-26-29-28-25(22-11-12-22)31(26)18-21-9-5-2-6-10-21/h1-10,22-23H,11-19H2,(H,27,32). The van der Waals surface area contributed by atoms with E-state index in [0.717, 1.165) is 50.0 Å². The van der Waals surface area contributed by atoms with Crippen molar-refractivity contribution in [2.45, 2.75) is 55.9 Å². The number of nitrogens with zero attached hydrogens (tertiary/aromatic N) is 4. The first-order valence-corrected chi connectivity index (χ1v) is 12.9. The minimum Gasteiger partial charge on any atom is -0.353 e. The average Bonchev–Trinajstić information content (AvgIpc) is 3.62. The van der Waals surface area contributed by atoms with Gasteiger partial charge in [-0.1, -0.05) is 72.4 Å². The second-order valence-electron chi connectivity index (χ2n) is 9.08. The van der Waals surface area contributed by atoms with Crippen molar-refractivity contribution in [1.29, 1.82) is 0 Å². The first-order chi connectivity index (χ1) is 16.2. The Morgan fingerprint density at radius 2 is 1.52 bits per heavy atom. The Balaban J connectivity index is 1.11. The topological polar surface area (TPSA) is 63.1 Å². The molecule has 1 saturated carbocycles. The largest absolute Gasteiger partial charge is 0.353 e. The smallest absolute Gasteiger partial charge is 0.230 e. The number of amides is 1. The minimum atomic E-state index is 0.0868. The molecule has 7 heteroatoms. The van der Waals surface area contributed by atoms with Gasteiger partial charge in [0.05, 0.1) is 12.3 Å². The second kappa shape index (κ2) is 10.5. The number of thioether (sulfide) groups is 1. The molecule has 1 aliphatic heterocycles. The van der Waals surface area contributed by atoms with Gasteiger partial charge in [-0.25, -0.2) is 0 Å². The molecule has 2 heterocycles. The Labute approximate surface area is 199 Å². The summed E-state index contributed by atoms with van der Waals surface area (Å²) in [7, 11) is 0. The van der Waals surface area contributed by atoms with Crippen LogP contribution in [0.1, 0.15) is 48.6 Å². The molecule has 2 fully saturated rings. The van der Waals surface area contributed by atoms with E-state index in [9.17, 15) is 4.79 Å². The monoisotopic (exact) mass is 461 g/mol. The molecule has 6 nitrogen and oxygen atoms in total. The van der Waals surface area contributed by atoms with Crippen molar-refractivity contribution in [3.05, 3.63) is 77.6 Å². The molecule has 3 aromatic rings. The first-order valence-electron chi connectivity index (χ1n) is 11.9. The van der Waals surface area contributed by atoms with Gasteiger partial charge in [-0.15, -0.1) is 10.2 Å². The highest BCUT2D eigenvalue weighted by molar-refractivity contribution is 7.99. The van der Waals surface area contributed by atoms with Crippen molar-refractivity contribution in [1.82, 2.24) is 25.0 Å². The molecular weight excluding hydrogens is 430 g/mol. The lowest BCUT2D eigenvalue weighted by molar-refractivity contribution is -0.119. The molecule has 1 aliphatic carbocycles. The van der Waals surface area contributed by atoms with Crippen LogP contribution in [0.5, 0.6) is 0 Å². The lowest BCUT2D eigenvalue weighted by Gasteiger charge is -2.32. The zero-order valence-electron chi connectivity index (χ0n) is 18.9. The predicted octanol–water partition coefficient (Wildman–Crippen LogP) is 4.08. The molecule has 33 heavy (non-hydrogen) atoms. The highest BCUT2D eigenvalue weighted by Crippen LogP contribution is 2.40. The molecule has 172 valence electrons. The fourth-order valence-electron chi connectivity index (χ4n) is 4.44. The summed E-state index contributed by atoms with van der Waals surface area (Å²) >= 11 is 1.50. The molecule has 0 spiro atoms. The van der Waals surface area contributed by atoms with Crippen LogP contribution < -0.4 is 5.32 Å². The lowest BCUT2D eigenvalue weighted by atomic mass is 10.0. The van der Waals surface area contributed by atoms with Crippen molar-refractivity contribution < 1.29 is 4.79 Å². The maximum Gasteiger partial charge on any atom is 0.230 e. The number of piperidine rings is 1. The Morgan fingerprint density at radius 1 is 0.879 bits per heavy atom. The van der Waals surface area contributed by atoms with Crippen LogP contribution in [-0.4, -0.2) is 50.5 Å². The van der Waals surface area contributed by atoms with E-state index in [0.29, 0.717) is 11.7 Å². The summed E-state index contributed by atoms with van der Waals surface area (Å²) in [6, 6.07) is 21.3. The summed E-state index contributed by atoms with van der Waals surface area (Å²) in [5, 5.41) is 13.0. The van der Waals surface area contributed by atoms with E-state index in [1.54, 1.807) is 0 Å². The summed E-state index contributed by atoms with van der Waals surface area (Å²) in [5.74, 6) is 2.05. The van der Waals surface area contributed by atoms with Gasteiger partial charge in [0.25, 0.3) is 0 Å². The average molecular weight is 462 g/mol. The molecule has 2 aromatic carbocycles. The third-order valence-electron chi connectivity index (χ3n) is 6.41. The minimum absolute atomic E-state index is 0.0868. The predicted molar refractivity (Wildman–Crippen MR) is 131 cm³/mol. The van der Waals surface area contributed by atoms with Crippen molar-refractivity contribution >= 4 is 17.7 Å². The highest BCUT2D eigenvalue weighted by Gasteiger charge is 2.30. The SMILES string of the molecule is O=C(CSc1nnc(C2CC2)n1Cc1ccccc1)NC1CCN(Cc2ccccc2)CC1. The Morgan fingerprint density at radius 3 is 2.15 bits per heavy atom. The second-order valence-corrected chi connectivity index (χ2v) is 10.0. The third-order valence-corrected chi connectivity index (χ3v) is 7.37. The van der Waals surface area contributed by atoms with Gasteiger partial charge in [-0.3, -0.25) is 9.69 Å². The van der Waals surface area contributed by atoms with E-state index < -0.39 is 0 Å². The third kappa shape index (κ3) is 6.03. The maximum atomic E-state index is 12.7. The highest BCUT2D eigenvalue weighted by atomic mass is 32.2. The number of nitrogens with one attached hydrogen (secondary N) is 1. The van der Waals surface area contributed by atoms with E-state index in [4.69, 9.17) is 0 Å². The molecular formula is C26H31N5OS. The summed E-state index contributed by atoms with van der Waals surface area (Å²) in [6.45, 7) is 3.77. The molecule has 1 saturated heterocycles. The van der Waals surface area contributed by atoms with E-state index >= 15 is 0 Å². The lowest BCUT2D eigenvalue weighted by Crippen LogP contribution is -2.44. The molecule has 0 unspecified atom stereocenters. The zero-order valence-corrected chi connectivity index (χ0v) is 19.7. The number of carbonyl (C=O) groups excluding carboxylic acids is 1. The van der Waals surface area contributed by atoms with Gasteiger partial charge in [-0.05, 0) is 36.8 Å². The molecule has 2 aliphatic rings. The summed E-state index contributed by atoms with van der Waals surface area (Å²) in [5.41, 5.74) is 2.58. The normalized spacial score (nSPS) is 17.2. The molecule has 0 bridgehead atoms.